The molecule has 12 heavy (non-hydrogen) atoms. The molecular formula is C7H9NO3S. The zero-order chi connectivity index (χ0) is 9.73. The topological polar surface area (TPSA) is 67.3 Å². The smallest absolute Gasteiger partial charge is 0.210 e. The lowest BCUT2D eigenvalue weighted by Crippen LogP contribution is -2.09. The van der Waals surface area contributed by atoms with Gasteiger partial charge in [0.05, 0.1) is 17.3 Å². The highest BCUT2D eigenvalue weighted by Gasteiger charge is 2.11. The molecule has 1 aromatic rings. The molecule has 1 heterocycles. The lowest BCUT2D eigenvalue weighted by atomic mass is 10.5. The maximum Gasteiger partial charge on any atom is 0.210 e. The molecule has 0 bridgehead atoms. The first-order valence-electron chi connectivity index (χ1n) is 3.78. The van der Waals surface area contributed by atoms with E-state index in [0.717, 1.165) is 0 Å². The molecule has 1 rings (SSSR count). The second kappa shape index (κ2) is 3.64. The van der Waals surface area contributed by atoms with Crippen LogP contribution in [0.15, 0.2) is 29.4 Å². The van der Waals surface area contributed by atoms with Gasteiger partial charge in [0, 0.05) is 12.4 Å². The van der Waals surface area contributed by atoms with Crippen LogP contribution in [0.4, 0.5) is 0 Å². The summed E-state index contributed by atoms with van der Waals surface area (Å²) >= 11 is 0. The molecule has 0 amide bonds. The predicted octanol–water partition coefficient (Wildman–Crippen LogP) is -0.152. The van der Waals surface area contributed by atoms with E-state index in [4.69, 9.17) is 1.43 Å². The summed E-state index contributed by atoms with van der Waals surface area (Å²) in [4.78, 5) is 3.91. The SMILES string of the molecule is [3H]OCCS(=O)(=O)c1ccncc1. The molecule has 0 fully saturated rings. The summed E-state index contributed by atoms with van der Waals surface area (Å²) in [5.41, 5.74) is 0. The van der Waals surface area contributed by atoms with Crippen LogP contribution in [-0.4, -0.2) is 32.3 Å². The van der Waals surface area contributed by atoms with Crippen LogP contribution in [0, 0.1) is 0 Å². The van der Waals surface area contributed by atoms with E-state index in [9.17, 15) is 8.42 Å². The van der Waals surface area contributed by atoms with Gasteiger partial charge in [-0.15, -0.1) is 0 Å². The van der Waals surface area contributed by atoms with Crippen LogP contribution in [0.1, 0.15) is 0 Å². The van der Waals surface area contributed by atoms with Gasteiger partial charge >= 0.3 is 0 Å². The number of pyridine rings is 1. The number of hydrogen-bond acceptors (Lipinski definition) is 4. The monoisotopic (exact) mass is 189 g/mol. The van der Waals surface area contributed by atoms with Crippen molar-refractivity contribution in [3.05, 3.63) is 24.5 Å². The molecule has 0 aliphatic heterocycles. The lowest BCUT2D eigenvalue weighted by Gasteiger charge is -1.99. The van der Waals surface area contributed by atoms with Crippen molar-refractivity contribution in [2.45, 2.75) is 4.90 Å². The molecular weight excluding hydrogens is 178 g/mol. The maximum absolute atomic E-state index is 11.4. The summed E-state index contributed by atoms with van der Waals surface area (Å²) in [5.74, 6) is -0.180. The Labute approximate surface area is 72.3 Å². The Balaban J connectivity index is 2.83. The quantitative estimate of drug-likeness (QED) is 0.715. The Kier molecular flexibility index (Phi) is 2.33. The molecule has 0 aliphatic carbocycles. The fourth-order valence-electron chi connectivity index (χ4n) is 0.773. The first kappa shape index (κ1) is 7.70. The Morgan fingerprint density at radius 1 is 1.50 bits per heavy atom. The van der Waals surface area contributed by atoms with Crippen LogP contribution in [0.3, 0.4) is 0 Å². The number of aromatic nitrogens is 1. The lowest BCUT2D eigenvalue weighted by molar-refractivity contribution is 0.319. The van der Waals surface area contributed by atoms with Crippen molar-refractivity contribution in [2.24, 2.45) is 0 Å². The van der Waals surface area contributed by atoms with E-state index in [1.165, 1.54) is 24.5 Å². The van der Waals surface area contributed by atoms with Crippen LogP contribution in [0.25, 0.3) is 0 Å². The van der Waals surface area contributed by atoms with Crippen molar-refractivity contribution in [1.29, 1.82) is 1.43 Å². The molecule has 0 radical (unpaired) electrons. The second-order valence-electron chi connectivity index (χ2n) is 2.21. The number of sulfone groups is 1. The molecule has 0 spiro atoms. The van der Waals surface area contributed by atoms with Gasteiger partial charge in [0.25, 0.3) is 0 Å². The van der Waals surface area contributed by atoms with Crippen molar-refractivity contribution in [3.8, 4) is 0 Å². The number of aliphatic hydroxyl groups is 1. The van der Waals surface area contributed by atoms with Gasteiger partial charge in [-0.2, -0.15) is 0 Å². The highest BCUT2D eigenvalue weighted by atomic mass is 32.2. The fraction of sp³-hybridized carbons (Fsp3) is 0.286. The van der Waals surface area contributed by atoms with Gasteiger partial charge in [-0.1, -0.05) is 0 Å². The first-order chi connectivity index (χ1) is 6.17. The van der Waals surface area contributed by atoms with Crippen molar-refractivity contribution < 1.29 is 13.5 Å². The van der Waals surface area contributed by atoms with E-state index in [-0.39, 0.29) is 17.3 Å². The summed E-state index contributed by atoms with van der Waals surface area (Å²) in [6.45, 7) is -0.120. The van der Waals surface area contributed by atoms with Gasteiger partial charge in [-0.25, -0.2) is 8.42 Å². The highest BCUT2D eigenvalue weighted by molar-refractivity contribution is 7.91. The molecule has 4 nitrogen and oxygen atoms in total. The molecule has 1 aromatic heterocycles. The van der Waals surface area contributed by atoms with Gasteiger partial charge in [0.2, 0.25) is 1.43 Å². The van der Waals surface area contributed by atoms with Crippen LogP contribution in [-0.2, 0) is 9.84 Å². The van der Waals surface area contributed by atoms with Crippen LogP contribution in [0.5, 0.6) is 0 Å². The van der Waals surface area contributed by atoms with Gasteiger partial charge in [-0.3, -0.25) is 4.98 Å². The average molecular weight is 189 g/mol. The Hall–Kier alpha value is -0.940. The van der Waals surface area contributed by atoms with Gasteiger partial charge in [0.15, 0.2) is 9.84 Å². The summed E-state index contributed by atoms with van der Waals surface area (Å²) in [7, 11) is -3.31. The molecule has 0 aliphatic rings. The normalized spacial score (nSPS) is 12.5. The van der Waals surface area contributed by atoms with E-state index in [1.54, 1.807) is 0 Å². The van der Waals surface area contributed by atoms with Gasteiger partial charge in [-0.05, 0) is 12.1 Å². The Bertz CT molecular complexity index is 351. The third-order valence-corrected chi connectivity index (χ3v) is 3.06. The first-order valence-corrected chi connectivity index (χ1v) is 5.03. The number of nitrogens with zero attached hydrogens (tertiary/aromatic N) is 1. The molecule has 1 N–H and O–H groups in total. The molecule has 0 saturated carbocycles. The van der Waals surface area contributed by atoms with E-state index >= 15 is 0 Å². The summed E-state index contributed by atoms with van der Waals surface area (Å²) in [6, 6.07) is 2.83. The summed E-state index contributed by atoms with van der Waals surface area (Å²) in [5, 5.41) is 3.95. The van der Waals surface area contributed by atoms with Crippen LogP contribution < -0.4 is 0 Å². The minimum atomic E-state index is -3.31. The average Bonchev–Trinajstić information content (AvgIpc) is 2.16. The van der Waals surface area contributed by atoms with E-state index in [1.807, 2.05) is 0 Å². The highest BCUT2D eigenvalue weighted by Crippen LogP contribution is 2.07. The van der Waals surface area contributed by atoms with Crippen LogP contribution in [0.2, 0.25) is 0 Å². The second-order valence-corrected chi connectivity index (χ2v) is 4.32. The third-order valence-electron chi connectivity index (χ3n) is 1.36. The van der Waals surface area contributed by atoms with Crippen molar-refractivity contribution in [2.75, 3.05) is 12.4 Å². The molecule has 0 unspecified atom stereocenters. The summed E-state index contributed by atoms with van der Waals surface area (Å²) < 4.78 is 29.2. The van der Waals surface area contributed by atoms with Crippen molar-refractivity contribution in [3.63, 3.8) is 0 Å². The molecule has 0 atom stereocenters. The van der Waals surface area contributed by atoms with E-state index in [0.29, 0.717) is 0 Å². The Morgan fingerprint density at radius 2 is 2.17 bits per heavy atom. The molecule has 0 aromatic carbocycles. The number of hydrogen-bond donors (Lipinski definition) is 1. The van der Waals surface area contributed by atoms with Crippen molar-refractivity contribution >= 4 is 9.84 Å². The zero-order valence-corrected chi connectivity index (χ0v) is 7.12. The molecule has 66 valence electrons. The van der Waals surface area contributed by atoms with Crippen LogP contribution >= 0.6 is 0 Å². The van der Waals surface area contributed by atoms with Gasteiger partial charge in [0.1, 0.15) is 0 Å². The van der Waals surface area contributed by atoms with E-state index < -0.39 is 9.84 Å². The molecule has 5 heteroatoms. The minimum absolute atomic E-state index is 0.120. The number of rotatable bonds is 4. The fourth-order valence-corrected chi connectivity index (χ4v) is 1.76. The predicted molar refractivity (Wildman–Crippen MR) is 43.4 cm³/mol. The Morgan fingerprint density at radius 3 is 2.75 bits per heavy atom. The minimum Gasteiger partial charge on any atom is -0.395 e. The van der Waals surface area contributed by atoms with Crippen molar-refractivity contribution in [1.82, 2.24) is 4.98 Å². The number of aliphatic hydroxyl groups excluding tert-OH is 1. The summed E-state index contributed by atoms with van der Waals surface area (Å²) in [6.07, 6.45) is 2.82. The molecule has 0 saturated heterocycles. The third kappa shape index (κ3) is 2.02. The van der Waals surface area contributed by atoms with E-state index in [2.05, 4.69) is 10.1 Å². The maximum atomic E-state index is 11.4. The standard InChI is InChI=1S/C7H9NO3S/c9-5-6-12(10,11)7-1-3-8-4-2-7/h1-4,9H,5-6H2/i9T. The largest absolute Gasteiger partial charge is 0.395 e. The van der Waals surface area contributed by atoms with Gasteiger partial charge < -0.3 is 5.11 Å². The zero-order valence-electron chi connectivity index (χ0n) is 7.30.